The number of thiocarbonyl (C=S) groups is 1. The van der Waals surface area contributed by atoms with Gasteiger partial charge >= 0.3 is 0 Å². The molecule has 1 rings (SSSR count). The minimum atomic E-state index is 0.191. The van der Waals surface area contributed by atoms with Crippen LogP contribution in [0.4, 0.5) is 5.69 Å². The Labute approximate surface area is 70.5 Å². The first-order valence-electron chi connectivity index (χ1n) is 3.09. The van der Waals surface area contributed by atoms with E-state index in [1.165, 1.54) is 0 Å². The maximum atomic E-state index is 8.34. The second-order valence-corrected chi connectivity index (χ2v) is 2.34. The third kappa shape index (κ3) is 2.36. The Morgan fingerprint density at radius 3 is 2.55 bits per heavy atom. The summed E-state index contributed by atoms with van der Waals surface area (Å²) in [5.41, 5.74) is 0.846. The standard InChI is InChI=1S/C8H6N2S/c9-6-8(11)10-7-4-2-1-3-5-7/h1-5H,(H,10,11). The Morgan fingerprint density at radius 1 is 1.36 bits per heavy atom. The Bertz CT molecular complexity index is 287. The molecule has 0 fully saturated rings. The van der Waals surface area contributed by atoms with Gasteiger partial charge in [0.15, 0.2) is 4.99 Å². The van der Waals surface area contributed by atoms with Gasteiger partial charge in [-0.05, 0) is 24.4 Å². The summed E-state index contributed by atoms with van der Waals surface area (Å²) in [6, 6.07) is 11.2. The van der Waals surface area contributed by atoms with Gasteiger partial charge in [0.2, 0.25) is 0 Å². The van der Waals surface area contributed by atoms with Gasteiger partial charge in [-0.2, -0.15) is 5.26 Å². The molecule has 1 aromatic carbocycles. The van der Waals surface area contributed by atoms with Gasteiger partial charge in [-0.25, -0.2) is 0 Å². The van der Waals surface area contributed by atoms with Gasteiger partial charge in [0.25, 0.3) is 0 Å². The number of anilines is 1. The average molecular weight is 162 g/mol. The van der Waals surface area contributed by atoms with E-state index in [-0.39, 0.29) is 4.99 Å². The molecule has 0 saturated heterocycles. The van der Waals surface area contributed by atoms with Crippen LogP contribution in [0.15, 0.2) is 30.3 Å². The molecule has 0 aliphatic rings. The van der Waals surface area contributed by atoms with E-state index in [1.807, 2.05) is 36.4 Å². The average Bonchev–Trinajstić information content (AvgIpc) is 2.06. The fourth-order valence-corrected chi connectivity index (χ4v) is 0.798. The van der Waals surface area contributed by atoms with E-state index in [0.717, 1.165) is 5.69 Å². The fourth-order valence-electron chi connectivity index (χ4n) is 0.681. The van der Waals surface area contributed by atoms with E-state index >= 15 is 0 Å². The second-order valence-electron chi connectivity index (χ2n) is 1.93. The zero-order valence-electron chi connectivity index (χ0n) is 5.74. The lowest BCUT2D eigenvalue weighted by atomic mass is 10.3. The van der Waals surface area contributed by atoms with Crippen molar-refractivity contribution in [1.82, 2.24) is 0 Å². The van der Waals surface area contributed by atoms with E-state index in [0.29, 0.717) is 0 Å². The van der Waals surface area contributed by atoms with Crippen molar-refractivity contribution in [3.63, 3.8) is 0 Å². The molecule has 0 aliphatic heterocycles. The smallest absolute Gasteiger partial charge is 0.182 e. The predicted molar refractivity (Wildman–Crippen MR) is 48.3 cm³/mol. The minimum Gasteiger partial charge on any atom is -0.338 e. The zero-order valence-corrected chi connectivity index (χ0v) is 6.56. The first-order valence-corrected chi connectivity index (χ1v) is 3.50. The van der Waals surface area contributed by atoms with Crippen molar-refractivity contribution in [1.29, 1.82) is 5.26 Å². The van der Waals surface area contributed by atoms with Crippen molar-refractivity contribution in [3.05, 3.63) is 30.3 Å². The molecule has 0 amide bonds. The number of hydrogen-bond acceptors (Lipinski definition) is 2. The molecule has 0 unspecified atom stereocenters. The van der Waals surface area contributed by atoms with E-state index in [1.54, 1.807) is 0 Å². The number of nitriles is 1. The Kier molecular flexibility index (Phi) is 2.59. The molecule has 11 heavy (non-hydrogen) atoms. The van der Waals surface area contributed by atoms with Crippen LogP contribution in [0.5, 0.6) is 0 Å². The molecule has 3 heteroatoms. The highest BCUT2D eigenvalue weighted by Crippen LogP contribution is 2.04. The van der Waals surface area contributed by atoms with Gasteiger partial charge in [-0.1, -0.05) is 18.2 Å². The van der Waals surface area contributed by atoms with Crippen LogP contribution in [0.1, 0.15) is 0 Å². The van der Waals surface area contributed by atoms with E-state index in [4.69, 9.17) is 5.26 Å². The Hall–Kier alpha value is -1.40. The lowest BCUT2D eigenvalue weighted by molar-refractivity contribution is 1.54. The van der Waals surface area contributed by atoms with Crippen molar-refractivity contribution in [2.24, 2.45) is 0 Å². The van der Waals surface area contributed by atoms with Gasteiger partial charge in [0.1, 0.15) is 6.07 Å². The number of rotatable bonds is 1. The van der Waals surface area contributed by atoms with E-state index < -0.39 is 0 Å². The Morgan fingerprint density at radius 2 is 2.00 bits per heavy atom. The lowest BCUT2D eigenvalue weighted by Gasteiger charge is -1.98. The van der Waals surface area contributed by atoms with Gasteiger partial charge < -0.3 is 5.32 Å². The van der Waals surface area contributed by atoms with Crippen LogP contribution < -0.4 is 5.32 Å². The topological polar surface area (TPSA) is 35.8 Å². The third-order valence-electron chi connectivity index (χ3n) is 1.13. The number of hydrogen-bond donors (Lipinski definition) is 1. The van der Waals surface area contributed by atoms with Crippen LogP contribution in [0.25, 0.3) is 0 Å². The molecule has 1 aromatic rings. The summed E-state index contributed by atoms with van der Waals surface area (Å²) >= 11 is 4.67. The first kappa shape index (κ1) is 7.70. The number of nitrogens with zero attached hydrogens (tertiary/aromatic N) is 1. The van der Waals surface area contributed by atoms with Crippen LogP contribution in [-0.2, 0) is 0 Å². The molecule has 54 valence electrons. The van der Waals surface area contributed by atoms with Crippen molar-refractivity contribution in [3.8, 4) is 6.07 Å². The van der Waals surface area contributed by atoms with Crippen molar-refractivity contribution >= 4 is 22.9 Å². The molecular weight excluding hydrogens is 156 g/mol. The molecule has 0 heterocycles. The lowest BCUT2D eigenvalue weighted by Crippen LogP contribution is -2.04. The summed E-state index contributed by atoms with van der Waals surface area (Å²) in [7, 11) is 0. The zero-order chi connectivity index (χ0) is 8.10. The van der Waals surface area contributed by atoms with Gasteiger partial charge in [-0.15, -0.1) is 0 Å². The van der Waals surface area contributed by atoms with E-state index in [2.05, 4.69) is 17.5 Å². The quantitative estimate of drug-likeness (QED) is 0.641. The molecule has 0 aromatic heterocycles. The summed E-state index contributed by atoms with van der Waals surface area (Å²) in [6.45, 7) is 0. The van der Waals surface area contributed by atoms with Crippen LogP contribution in [0.2, 0.25) is 0 Å². The number of benzene rings is 1. The minimum absolute atomic E-state index is 0.191. The summed E-state index contributed by atoms with van der Waals surface area (Å²) in [5.74, 6) is 0. The molecule has 0 saturated carbocycles. The van der Waals surface area contributed by atoms with Crippen LogP contribution in [0.3, 0.4) is 0 Å². The summed E-state index contributed by atoms with van der Waals surface area (Å²) in [4.78, 5) is 0.191. The predicted octanol–water partition coefficient (Wildman–Crippen LogP) is 1.95. The summed E-state index contributed by atoms with van der Waals surface area (Å²) in [5, 5.41) is 11.1. The maximum absolute atomic E-state index is 8.34. The van der Waals surface area contributed by atoms with Gasteiger partial charge in [-0.3, -0.25) is 0 Å². The molecule has 0 spiro atoms. The van der Waals surface area contributed by atoms with E-state index in [9.17, 15) is 0 Å². The normalized spacial score (nSPS) is 8.27. The monoisotopic (exact) mass is 162 g/mol. The van der Waals surface area contributed by atoms with Gasteiger partial charge in [0, 0.05) is 5.69 Å². The molecular formula is C8H6N2S. The summed E-state index contributed by atoms with van der Waals surface area (Å²) < 4.78 is 0. The fraction of sp³-hybridized carbons (Fsp3) is 0. The molecule has 0 atom stereocenters. The van der Waals surface area contributed by atoms with Crippen LogP contribution in [-0.4, -0.2) is 4.99 Å². The molecule has 0 aliphatic carbocycles. The maximum Gasteiger partial charge on any atom is 0.182 e. The molecule has 0 radical (unpaired) electrons. The van der Waals surface area contributed by atoms with Gasteiger partial charge in [0.05, 0.1) is 0 Å². The highest BCUT2D eigenvalue weighted by molar-refractivity contribution is 7.81. The largest absolute Gasteiger partial charge is 0.338 e. The second kappa shape index (κ2) is 3.69. The number of nitrogens with one attached hydrogen (secondary N) is 1. The van der Waals surface area contributed by atoms with Crippen molar-refractivity contribution in [2.45, 2.75) is 0 Å². The van der Waals surface area contributed by atoms with Crippen molar-refractivity contribution < 1.29 is 0 Å². The van der Waals surface area contributed by atoms with Crippen molar-refractivity contribution in [2.75, 3.05) is 5.32 Å². The summed E-state index contributed by atoms with van der Waals surface area (Å²) in [6.07, 6.45) is 0. The number of para-hydroxylation sites is 1. The Balaban J connectivity index is 2.67. The third-order valence-corrected chi connectivity index (χ3v) is 1.33. The highest BCUT2D eigenvalue weighted by Gasteiger charge is 1.91. The highest BCUT2D eigenvalue weighted by atomic mass is 32.1. The molecule has 0 bridgehead atoms. The first-order chi connectivity index (χ1) is 5.33. The molecule has 1 N–H and O–H groups in total. The van der Waals surface area contributed by atoms with Crippen LogP contribution in [0, 0.1) is 11.3 Å². The SMILES string of the molecule is N#CC(=S)Nc1ccccc1. The van der Waals surface area contributed by atoms with Crippen LogP contribution >= 0.6 is 12.2 Å². The molecule has 2 nitrogen and oxygen atoms in total.